The van der Waals surface area contributed by atoms with Crippen LogP contribution < -0.4 is 4.74 Å². The van der Waals surface area contributed by atoms with Crippen molar-refractivity contribution in [2.75, 3.05) is 7.11 Å². The summed E-state index contributed by atoms with van der Waals surface area (Å²) in [5.41, 5.74) is 1.09. The number of benzene rings is 2. The van der Waals surface area contributed by atoms with Gasteiger partial charge in [-0.3, -0.25) is 0 Å². The highest BCUT2D eigenvalue weighted by atomic mass is 19.2. The van der Waals surface area contributed by atoms with Crippen LogP contribution in [0.1, 0.15) is 16.1 Å². The van der Waals surface area contributed by atoms with E-state index in [4.69, 9.17) is 14.0 Å². The Balaban J connectivity index is 1.64. The molecule has 1 heterocycles. The van der Waals surface area contributed by atoms with Gasteiger partial charge >= 0.3 is 5.97 Å². The van der Waals surface area contributed by atoms with Crippen LogP contribution in [-0.2, 0) is 11.3 Å². The highest BCUT2D eigenvalue weighted by molar-refractivity contribution is 5.89. The van der Waals surface area contributed by atoms with Crippen LogP contribution in [0.15, 0.2) is 53.1 Å². The van der Waals surface area contributed by atoms with Crippen molar-refractivity contribution >= 4 is 5.97 Å². The highest BCUT2D eigenvalue weighted by Crippen LogP contribution is 2.23. The van der Waals surface area contributed by atoms with Gasteiger partial charge < -0.3 is 14.0 Å². The van der Waals surface area contributed by atoms with Crippen LogP contribution in [0.3, 0.4) is 0 Å². The zero-order valence-corrected chi connectivity index (χ0v) is 13.2. The standard InChI is InChI=1S/C18H13F2NO4/c1-23-14-5-2-11(3-6-14)17-9-13(21-25-17)10-24-18(22)12-4-7-15(19)16(20)8-12/h2-9H,10H2,1H3. The molecule has 2 aromatic carbocycles. The molecule has 1 aromatic heterocycles. The van der Waals surface area contributed by atoms with Crippen LogP contribution in [0.25, 0.3) is 11.3 Å². The maximum atomic E-state index is 13.1. The zero-order chi connectivity index (χ0) is 17.8. The number of methoxy groups -OCH3 is 1. The number of aromatic nitrogens is 1. The van der Waals surface area contributed by atoms with Crippen molar-refractivity contribution in [2.45, 2.75) is 6.61 Å². The highest BCUT2D eigenvalue weighted by Gasteiger charge is 2.13. The third kappa shape index (κ3) is 3.82. The molecule has 0 aliphatic rings. The van der Waals surface area contributed by atoms with Gasteiger partial charge in [0.1, 0.15) is 18.1 Å². The van der Waals surface area contributed by atoms with E-state index >= 15 is 0 Å². The normalized spacial score (nSPS) is 10.5. The Bertz CT molecular complexity index is 890. The molecule has 7 heteroatoms. The van der Waals surface area contributed by atoms with E-state index in [9.17, 15) is 13.6 Å². The molecule has 0 fully saturated rings. The number of nitrogens with zero attached hydrogens (tertiary/aromatic N) is 1. The Labute approximate surface area is 141 Å². The van der Waals surface area contributed by atoms with Crippen LogP contribution in [0.4, 0.5) is 8.78 Å². The lowest BCUT2D eigenvalue weighted by atomic mass is 10.1. The van der Waals surface area contributed by atoms with E-state index in [1.54, 1.807) is 37.4 Å². The molecule has 0 atom stereocenters. The first-order chi connectivity index (χ1) is 12.1. The molecule has 0 spiro atoms. The second-order valence-electron chi connectivity index (χ2n) is 5.12. The van der Waals surface area contributed by atoms with Crippen molar-refractivity contribution in [3.8, 4) is 17.1 Å². The number of hydrogen-bond donors (Lipinski definition) is 0. The van der Waals surface area contributed by atoms with Gasteiger partial charge in [-0.1, -0.05) is 5.16 Å². The quantitative estimate of drug-likeness (QED) is 0.655. The van der Waals surface area contributed by atoms with E-state index in [-0.39, 0.29) is 12.2 Å². The van der Waals surface area contributed by atoms with E-state index in [1.807, 2.05) is 0 Å². The van der Waals surface area contributed by atoms with Crippen molar-refractivity contribution in [2.24, 2.45) is 0 Å². The number of carbonyl (C=O) groups is 1. The zero-order valence-electron chi connectivity index (χ0n) is 13.2. The van der Waals surface area contributed by atoms with Gasteiger partial charge in [0.2, 0.25) is 0 Å². The Kier molecular flexibility index (Phi) is 4.74. The molecule has 0 N–H and O–H groups in total. The van der Waals surface area contributed by atoms with Gasteiger partial charge in [-0.25, -0.2) is 13.6 Å². The summed E-state index contributed by atoms with van der Waals surface area (Å²) in [6.07, 6.45) is 0. The lowest BCUT2D eigenvalue weighted by Crippen LogP contribution is -2.06. The van der Waals surface area contributed by atoms with Crippen molar-refractivity contribution in [1.82, 2.24) is 5.16 Å². The minimum absolute atomic E-state index is 0.0854. The van der Waals surface area contributed by atoms with Gasteiger partial charge in [0, 0.05) is 11.6 Å². The molecule has 0 saturated heterocycles. The SMILES string of the molecule is COc1ccc(-c2cc(COC(=O)c3ccc(F)c(F)c3)no2)cc1. The predicted octanol–water partition coefficient (Wildman–Crippen LogP) is 3.99. The third-order valence-corrected chi connectivity index (χ3v) is 3.44. The first kappa shape index (κ1) is 16.6. The number of hydrogen-bond acceptors (Lipinski definition) is 5. The van der Waals surface area contributed by atoms with Crippen molar-refractivity contribution in [3.63, 3.8) is 0 Å². The summed E-state index contributed by atoms with van der Waals surface area (Å²) < 4.78 is 41.3. The molecular formula is C18H13F2NO4. The molecule has 0 saturated carbocycles. The maximum absolute atomic E-state index is 13.1. The number of esters is 1. The molecule has 0 radical (unpaired) electrons. The Hall–Kier alpha value is -3.22. The van der Waals surface area contributed by atoms with E-state index in [1.165, 1.54) is 0 Å². The fourth-order valence-electron chi connectivity index (χ4n) is 2.12. The van der Waals surface area contributed by atoms with Gasteiger partial charge in [-0.05, 0) is 42.5 Å². The lowest BCUT2D eigenvalue weighted by Gasteiger charge is -2.02. The largest absolute Gasteiger partial charge is 0.497 e. The molecule has 3 aromatic rings. The first-order valence-corrected chi connectivity index (χ1v) is 7.29. The number of ether oxygens (including phenoxy) is 2. The smallest absolute Gasteiger partial charge is 0.338 e. The molecule has 0 aliphatic carbocycles. The van der Waals surface area contributed by atoms with Crippen molar-refractivity contribution < 1.29 is 27.6 Å². The minimum Gasteiger partial charge on any atom is -0.497 e. The molecule has 0 unspecified atom stereocenters. The molecule has 3 rings (SSSR count). The number of rotatable bonds is 5. The average molecular weight is 345 g/mol. The van der Waals surface area contributed by atoms with Crippen LogP contribution in [0.5, 0.6) is 5.75 Å². The second-order valence-corrected chi connectivity index (χ2v) is 5.12. The van der Waals surface area contributed by atoms with Crippen molar-refractivity contribution in [3.05, 3.63) is 71.4 Å². The third-order valence-electron chi connectivity index (χ3n) is 3.44. The van der Waals surface area contributed by atoms with E-state index in [2.05, 4.69) is 5.16 Å². The second kappa shape index (κ2) is 7.12. The molecule has 0 aliphatic heterocycles. The predicted molar refractivity (Wildman–Crippen MR) is 84.0 cm³/mol. The van der Waals surface area contributed by atoms with E-state index in [0.29, 0.717) is 17.2 Å². The van der Waals surface area contributed by atoms with Crippen molar-refractivity contribution in [1.29, 1.82) is 0 Å². The molecular weight excluding hydrogens is 332 g/mol. The fraction of sp³-hybridized carbons (Fsp3) is 0.111. The van der Waals surface area contributed by atoms with Crippen LogP contribution >= 0.6 is 0 Å². The summed E-state index contributed by atoms with van der Waals surface area (Å²) in [6.45, 7) is -0.155. The molecule has 25 heavy (non-hydrogen) atoms. The van der Waals surface area contributed by atoms with Gasteiger partial charge in [0.15, 0.2) is 17.4 Å². The van der Waals surface area contributed by atoms with Gasteiger partial charge in [0.25, 0.3) is 0 Å². The summed E-state index contributed by atoms with van der Waals surface area (Å²) in [6, 6.07) is 11.6. The molecule has 5 nitrogen and oxygen atoms in total. The maximum Gasteiger partial charge on any atom is 0.338 e. The monoisotopic (exact) mass is 345 g/mol. The first-order valence-electron chi connectivity index (χ1n) is 7.29. The Morgan fingerprint density at radius 1 is 1.08 bits per heavy atom. The van der Waals surface area contributed by atoms with E-state index in [0.717, 1.165) is 23.8 Å². The average Bonchev–Trinajstić information content (AvgIpc) is 3.11. The summed E-state index contributed by atoms with van der Waals surface area (Å²) in [5, 5.41) is 3.81. The number of halogens is 2. The van der Waals surface area contributed by atoms with Gasteiger partial charge in [-0.15, -0.1) is 0 Å². The summed E-state index contributed by atoms with van der Waals surface area (Å²) >= 11 is 0. The summed E-state index contributed by atoms with van der Waals surface area (Å²) in [5.74, 6) is -1.71. The van der Waals surface area contributed by atoms with Gasteiger partial charge in [-0.2, -0.15) is 0 Å². The minimum atomic E-state index is -1.11. The molecule has 128 valence electrons. The van der Waals surface area contributed by atoms with Crippen LogP contribution in [0.2, 0.25) is 0 Å². The summed E-state index contributed by atoms with van der Waals surface area (Å²) in [7, 11) is 1.57. The Morgan fingerprint density at radius 3 is 2.52 bits per heavy atom. The lowest BCUT2D eigenvalue weighted by molar-refractivity contribution is 0.0463. The topological polar surface area (TPSA) is 61.6 Å². The van der Waals surface area contributed by atoms with Crippen LogP contribution in [-0.4, -0.2) is 18.2 Å². The van der Waals surface area contributed by atoms with E-state index < -0.39 is 17.6 Å². The van der Waals surface area contributed by atoms with Crippen LogP contribution in [0, 0.1) is 11.6 Å². The number of carbonyl (C=O) groups excluding carboxylic acids is 1. The fourth-order valence-corrected chi connectivity index (χ4v) is 2.12. The Morgan fingerprint density at radius 2 is 1.84 bits per heavy atom. The van der Waals surface area contributed by atoms with Gasteiger partial charge in [0.05, 0.1) is 12.7 Å². The molecule has 0 amide bonds. The summed E-state index contributed by atoms with van der Waals surface area (Å²) in [4.78, 5) is 11.8. The molecule has 0 bridgehead atoms.